The summed E-state index contributed by atoms with van der Waals surface area (Å²) in [4.78, 5) is 0. The zero-order chi connectivity index (χ0) is 14.5. The molecule has 104 valence electrons. The van der Waals surface area contributed by atoms with Crippen LogP contribution in [0.3, 0.4) is 0 Å². The van der Waals surface area contributed by atoms with Gasteiger partial charge in [0.05, 0.1) is 6.04 Å². The van der Waals surface area contributed by atoms with E-state index in [4.69, 9.17) is 29.6 Å². The number of nitrogens with one attached hydrogen (secondary N) is 2. The van der Waals surface area contributed by atoms with E-state index in [9.17, 15) is 0 Å². The monoisotopic (exact) mass is 305 g/mol. The summed E-state index contributed by atoms with van der Waals surface area (Å²) in [6.45, 7) is 2.04. The zero-order valence-electron chi connectivity index (χ0n) is 11.1. The van der Waals surface area contributed by atoms with Crippen molar-refractivity contribution in [2.45, 2.75) is 13.0 Å². The van der Waals surface area contributed by atoms with Gasteiger partial charge >= 0.3 is 0 Å². The highest BCUT2D eigenvalue weighted by atomic mass is 35.5. The Labute approximate surface area is 129 Å². The lowest BCUT2D eigenvalue weighted by Gasteiger charge is -2.17. The summed E-state index contributed by atoms with van der Waals surface area (Å²) in [6, 6.07) is 15.2. The predicted molar refractivity (Wildman–Crippen MR) is 90.1 cm³/mol. The number of rotatable bonds is 3. The van der Waals surface area contributed by atoms with Gasteiger partial charge in [0.1, 0.15) is 0 Å². The first kappa shape index (κ1) is 14.6. The maximum Gasteiger partial charge on any atom is 0.171 e. The molecule has 5 heteroatoms. The number of nitrogen functional groups attached to an aromatic ring is 1. The smallest absolute Gasteiger partial charge is 0.171 e. The molecule has 0 bridgehead atoms. The van der Waals surface area contributed by atoms with Crippen LogP contribution in [0.5, 0.6) is 0 Å². The average Bonchev–Trinajstić information content (AvgIpc) is 2.42. The van der Waals surface area contributed by atoms with Crippen LogP contribution in [-0.2, 0) is 0 Å². The lowest BCUT2D eigenvalue weighted by Crippen LogP contribution is -2.30. The summed E-state index contributed by atoms with van der Waals surface area (Å²) in [5.41, 5.74) is 8.39. The number of hydrogen-bond donors (Lipinski definition) is 3. The molecule has 0 spiro atoms. The highest BCUT2D eigenvalue weighted by Crippen LogP contribution is 2.16. The minimum atomic E-state index is 0.0982. The van der Waals surface area contributed by atoms with Crippen molar-refractivity contribution >= 4 is 40.3 Å². The molecule has 0 aliphatic heterocycles. The third kappa shape index (κ3) is 4.11. The molecule has 0 aromatic heterocycles. The number of halogens is 1. The van der Waals surface area contributed by atoms with Crippen molar-refractivity contribution in [2.75, 3.05) is 11.1 Å². The van der Waals surface area contributed by atoms with E-state index in [1.807, 2.05) is 55.5 Å². The van der Waals surface area contributed by atoms with E-state index in [0.717, 1.165) is 22.0 Å². The van der Waals surface area contributed by atoms with E-state index >= 15 is 0 Å². The fourth-order valence-corrected chi connectivity index (χ4v) is 2.19. The van der Waals surface area contributed by atoms with Crippen LogP contribution in [0.15, 0.2) is 48.5 Å². The van der Waals surface area contributed by atoms with Gasteiger partial charge in [-0.05, 0) is 61.1 Å². The van der Waals surface area contributed by atoms with Crippen molar-refractivity contribution < 1.29 is 0 Å². The molecule has 1 atom stereocenters. The molecule has 2 aromatic rings. The van der Waals surface area contributed by atoms with Crippen molar-refractivity contribution in [1.29, 1.82) is 0 Å². The first-order valence-electron chi connectivity index (χ1n) is 6.23. The topological polar surface area (TPSA) is 50.1 Å². The first-order valence-corrected chi connectivity index (χ1v) is 7.02. The van der Waals surface area contributed by atoms with E-state index in [0.29, 0.717) is 5.11 Å². The van der Waals surface area contributed by atoms with Crippen LogP contribution >= 0.6 is 23.8 Å². The molecule has 0 radical (unpaired) electrons. The van der Waals surface area contributed by atoms with Crippen LogP contribution in [-0.4, -0.2) is 5.11 Å². The number of hydrogen-bond acceptors (Lipinski definition) is 2. The molecule has 20 heavy (non-hydrogen) atoms. The standard InChI is InChI=1S/C15H16ClN3S/c1-10(11-2-4-12(16)5-3-11)18-15(20)19-14-8-6-13(17)7-9-14/h2-10H,17H2,1H3,(H2,18,19,20)/t10-/m1/s1. The Morgan fingerprint density at radius 3 is 2.30 bits per heavy atom. The largest absolute Gasteiger partial charge is 0.399 e. The van der Waals surface area contributed by atoms with Crippen LogP contribution in [0.4, 0.5) is 11.4 Å². The van der Waals surface area contributed by atoms with Gasteiger partial charge in [0.25, 0.3) is 0 Å². The van der Waals surface area contributed by atoms with Crippen LogP contribution in [0.2, 0.25) is 5.02 Å². The highest BCUT2D eigenvalue weighted by Gasteiger charge is 2.07. The second-order valence-corrected chi connectivity index (χ2v) is 5.34. The fraction of sp³-hybridized carbons (Fsp3) is 0.133. The molecule has 0 aliphatic carbocycles. The van der Waals surface area contributed by atoms with Gasteiger partial charge in [-0.3, -0.25) is 0 Å². The van der Waals surface area contributed by atoms with Crippen LogP contribution < -0.4 is 16.4 Å². The highest BCUT2D eigenvalue weighted by molar-refractivity contribution is 7.80. The molecule has 0 aliphatic rings. The lowest BCUT2D eigenvalue weighted by atomic mass is 10.1. The Morgan fingerprint density at radius 2 is 1.70 bits per heavy atom. The van der Waals surface area contributed by atoms with E-state index in [2.05, 4.69) is 10.6 Å². The quantitative estimate of drug-likeness (QED) is 0.593. The zero-order valence-corrected chi connectivity index (χ0v) is 12.6. The number of thiocarbonyl (C=S) groups is 1. The van der Waals surface area contributed by atoms with E-state index in [1.54, 1.807) is 0 Å². The maximum absolute atomic E-state index is 5.87. The maximum atomic E-state index is 5.87. The minimum Gasteiger partial charge on any atom is -0.399 e. The van der Waals surface area contributed by atoms with Crippen molar-refractivity contribution in [3.05, 3.63) is 59.1 Å². The number of nitrogens with two attached hydrogens (primary N) is 1. The van der Waals surface area contributed by atoms with Gasteiger partial charge in [0, 0.05) is 16.4 Å². The molecule has 2 rings (SSSR count). The van der Waals surface area contributed by atoms with E-state index in [1.165, 1.54) is 0 Å². The van der Waals surface area contributed by atoms with Crippen molar-refractivity contribution in [3.63, 3.8) is 0 Å². The molecule has 0 unspecified atom stereocenters. The van der Waals surface area contributed by atoms with Gasteiger partial charge in [-0.15, -0.1) is 0 Å². The number of benzene rings is 2. The summed E-state index contributed by atoms with van der Waals surface area (Å²) < 4.78 is 0. The minimum absolute atomic E-state index is 0.0982. The third-order valence-electron chi connectivity index (χ3n) is 2.89. The van der Waals surface area contributed by atoms with Crippen LogP contribution in [0.25, 0.3) is 0 Å². The Kier molecular flexibility index (Phi) is 4.82. The van der Waals surface area contributed by atoms with E-state index < -0.39 is 0 Å². The molecule has 3 nitrogen and oxygen atoms in total. The van der Waals surface area contributed by atoms with Gasteiger partial charge < -0.3 is 16.4 Å². The molecule has 0 fully saturated rings. The predicted octanol–water partition coefficient (Wildman–Crippen LogP) is 3.97. The average molecular weight is 306 g/mol. The summed E-state index contributed by atoms with van der Waals surface area (Å²) >= 11 is 11.2. The SMILES string of the molecule is C[C@@H](NC(=S)Nc1ccc(N)cc1)c1ccc(Cl)cc1. The second kappa shape index (κ2) is 6.59. The van der Waals surface area contributed by atoms with Crippen LogP contribution in [0, 0.1) is 0 Å². The van der Waals surface area contributed by atoms with Crippen molar-refractivity contribution in [2.24, 2.45) is 0 Å². The molecule has 0 heterocycles. The first-order chi connectivity index (χ1) is 9.54. The summed E-state index contributed by atoms with van der Waals surface area (Å²) in [6.07, 6.45) is 0. The van der Waals surface area contributed by atoms with Crippen molar-refractivity contribution in [1.82, 2.24) is 5.32 Å². The molecule has 4 N–H and O–H groups in total. The molecule has 0 saturated carbocycles. The van der Waals surface area contributed by atoms with E-state index in [-0.39, 0.29) is 6.04 Å². The summed E-state index contributed by atoms with van der Waals surface area (Å²) in [5.74, 6) is 0. The lowest BCUT2D eigenvalue weighted by molar-refractivity contribution is 0.723. The molecule has 0 amide bonds. The van der Waals surface area contributed by atoms with Gasteiger partial charge in [-0.25, -0.2) is 0 Å². The van der Waals surface area contributed by atoms with Gasteiger partial charge in [-0.1, -0.05) is 23.7 Å². The normalized spacial score (nSPS) is 11.7. The van der Waals surface area contributed by atoms with Crippen LogP contribution in [0.1, 0.15) is 18.5 Å². The number of anilines is 2. The van der Waals surface area contributed by atoms with Crippen molar-refractivity contribution in [3.8, 4) is 0 Å². The Hall–Kier alpha value is -1.78. The summed E-state index contributed by atoms with van der Waals surface area (Å²) in [5, 5.41) is 7.64. The molecule has 2 aromatic carbocycles. The Balaban J connectivity index is 1.93. The molecular formula is C15H16ClN3S. The molecular weight excluding hydrogens is 290 g/mol. The van der Waals surface area contributed by atoms with Gasteiger partial charge in [0.2, 0.25) is 0 Å². The van der Waals surface area contributed by atoms with Gasteiger partial charge in [-0.2, -0.15) is 0 Å². The Bertz CT molecular complexity index is 581. The van der Waals surface area contributed by atoms with Gasteiger partial charge in [0.15, 0.2) is 5.11 Å². The Morgan fingerprint density at radius 1 is 1.10 bits per heavy atom. The molecule has 0 saturated heterocycles. The second-order valence-electron chi connectivity index (χ2n) is 4.49. The third-order valence-corrected chi connectivity index (χ3v) is 3.36. The summed E-state index contributed by atoms with van der Waals surface area (Å²) in [7, 11) is 0. The fourth-order valence-electron chi connectivity index (χ4n) is 1.77.